The van der Waals surface area contributed by atoms with Gasteiger partial charge in [0.15, 0.2) is 0 Å². The van der Waals surface area contributed by atoms with Crippen LogP contribution < -0.4 is 0 Å². The van der Waals surface area contributed by atoms with Gasteiger partial charge >= 0.3 is 0 Å². The van der Waals surface area contributed by atoms with E-state index in [0.29, 0.717) is 6.10 Å². The van der Waals surface area contributed by atoms with Gasteiger partial charge in [0.2, 0.25) is 0 Å². The molecule has 0 heterocycles. The van der Waals surface area contributed by atoms with Crippen LogP contribution in [0.1, 0.15) is 18.4 Å². The Labute approximate surface area is 91.2 Å². The fourth-order valence-corrected chi connectivity index (χ4v) is 1.39. The van der Waals surface area contributed by atoms with E-state index in [9.17, 15) is 0 Å². The van der Waals surface area contributed by atoms with Gasteiger partial charge in [-0.2, -0.15) is 0 Å². The molecule has 0 aliphatic heterocycles. The number of rotatable bonds is 7. The first-order valence-corrected chi connectivity index (χ1v) is 5.59. The van der Waals surface area contributed by atoms with Gasteiger partial charge in [0.1, 0.15) is 0 Å². The first-order chi connectivity index (χ1) is 7.45. The van der Waals surface area contributed by atoms with Crippen molar-refractivity contribution in [2.24, 2.45) is 0 Å². The van der Waals surface area contributed by atoms with E-state index in [1.165, 1.54) is 18.4 Å². The van der Waals surface area contributed by atoms with Crippen LogP contribution in [0, 0.1) is 6.07 Å². The molecule has 1 radical (unpaired) electrons. The summed E-state index contributed by atoms with van der Waals surface area (Å²) in [6.07, 6.45) is 3.98. The molecular weight excluding hydrogens is 188 g/mol. The highest BCUT2D eigenvalue weighted by Crippen LogP contribution is 2.22. The smallest absolute Gasteiger partial charge is 0.0704 e. The number of hydrogen-bond donors (Lipinski definition) is 0. The molecule has 0 unspecified atom stereocenters. The average molecular weight is 205 g/mol. The quantitative estimate of drug-likeness (QED) is 0.635. The molecule has 0 aromatic heterocycles. The Balaban J connectivity index is 1.47. The van der Waals surface area contributed by atoms with Crippen molar-refractivity contribution in [1.29, 1.82) is 0 Å². The van der Waals surface area contributed by atoms with E-state index in [-0.39, 0.29) is 0 Å². The predicted molar refractivity (Wildman–Crippen MR) is 58.8 cm³/mol. The molecule has 81 valence electrons. The average Bonchev–Trinajstić information content (AvgIpc) is 3.09. The van der Waals surface area contributed by atoms with Gasteiger partial charge in [-0.25, -0.2) is 0 Å². The monoisotopic (exact) mass is 205 g/mol. The van der Waals surface area contributed by atoms with E-state index in [0.717, 1.165) is 26.2 Å². The zero-order valence-corrected chi connectivity index (χ0v) is 8.95. The van der Waals surface area contributed by atoms with Crippen LogP contribution in [0.25, 0.3) is 0 Å². The second-order valence-corrected chi connectivity index (χ2v) is 3.84. The molecule has 1 aliphatic rings. The first kappa shape index (κ1) is 10.7. The molecule has 2 heteroatoms. The summed E-state index contributed by atoms with van der Waals surface area (Å²) in [6.45, 7) is 2.24. The molecule has 0 saturated heterocycles. The van der Waals surface area contributed by atoms with Gasteiger partial charge in [-0.3, -0.25) is 0 Å². The van der Waals surface area contributed by atoms with Crippen LogP contribution in [0.15, 0.2) is 24.3 Å². The molecule has 0 N–H and O–H groups in total. The molecule has 1 fully saturated rings. The van der Waals surface area contributed by atoms with Gasteiger partial charge in [0, 0.05) is 0 Å². The molecule has 2 nitrogen and oxygen atoms in total. The summed E-state index contributed by atoms with van der Waals surface area (Å²) in [4.78, 5) is 0. The summed E-state index contributed by atoms with van der Waals surface area (Å²) in [7, 11) is 0. The summed E-state index contributed by atoms with van der Waals surface area (Å²) in [5, 5.41) is 0. The zero-order valence-electron chi connectivity index (χ0n) is 8.95. The van der Waals surface area contributed by atoms with Crippen molar-refractivity contribution in [3.05, 3.63) is 35.9 Å². The molecule has 1 aromatic carbocycles. The normalized spacial score (nSPS) is 15.5. The molecule has 0 atom stereocenters. The largest absolute Gasteiger partial charge is 0.379 e. The molecule has 1 aliphatic carbocycles. The Morgan fingerprint density at radius 3 is 2.67 bits per heavy atom. The Morgan fingerprint density at radius 1 is 1.13 bits per heavy atom. The number of benzene rings is 1. The summed E-state index contributed by atoms with van der Waals surface area (Å²) in [5.41, 5.74) is 1.30. The zero-order chi connectivity index (χ0) is 10.3. The number of hydrogen-bond acceptors (Lipinski definition) is 2. The van der Waals surface area contributed by atoms with Crippen molar-refractivity contribution in [1.82, 2.24) is 0 Å². The minimum absolute atomic E-state index is 0.540. The second-order valence-electron chi connectivity index (χ2n) is 3.84. The van der Waals surface area contributed by atoms with E-state index < -0.39 is 0 Å². The van der Waals surface area contributed by atoms with Crippen molar-refractivity contribution in [2.75, 3.05) is 19.8 Å². The molecule has 0 bridgehead atoms. The van der Waals surface area contributed by atoms with Crippen molar-refractivity contribution >= 4 is 0 Å². The summed E-state index contributed by atoms with van der Waals surface area (Å²) in [5.74, 6) is 0. The maximum atomic E-state index is 5.48. The molecule has 1 saturated carbocycles. The van der Waals surface area contributed by atoms with E-state index in [1.807, 2.05) is 12.1 Å². The van der Waals surface area contributed by atoms with Crippen LogP contribution in [-0.2, 0) is 15.9 Å². The summed E-state index contributed by atoms with van der Waals surface area (Å²) in [6, 6.07) is 11.0. The van der Waals surface area contributed by atoms with Gasteiger partial charge in [-0.1, -0.05) is 24.3 Å². The minimum atomic E-state index is 0.540. The third kappa shape index (κ3) is 4.45. The van der Waals surface area contributed by atoms with Crippen molar-refractivity contribution in [3.63, 3.8) is 0 Å². The Morgan fingerprint density at radius 2 is 1.93 bits per heavy atom. The van der Waals surface area contributed by atoms with Gasteiger partial charge in [0.25, 0.3) is 0 Å². The Bertz CT molecular complexity index is 267. The number of ether oxygens (including phenoxy) is 2. The van der Waals surface area contributed by atoms with Crippen LogP contribution in [0.5, 0.6) is 0 Å². The molecule has 1 aromatic rings. The molecule has 0 amide bonds. The van der Waals surface area contributed by atoms with E-state index in [2.05, 4.69) is 18.2 Å². The van der Waals surface area contributed by atoms with Crippen LogP contribution >= 0.6 is 0 Å². The van der Waals surface area contributed by atoms with Crippen molar-refractivity contribution in [2.45, 2.75) is 25.4 Å². The van der Waals surface area contributed by atoms with Gasteiger partial charge < -0.3 is 9.47 Å². The lowest BCUT2D eigenvalue weighted by Crippen LogP contribution is -2.07. The lowest BCUT2D eigenvalue weighted by Gasteiger charge is -2.04. The maximum absolute atomic E-state index is 5.48. The maximum Gasteiger partial charge on any atom is 0.0704 e. The van der Waals surface area contributed by atoms with Crippen LogP contribution in [-0.4, -0.2) is 25.9 Å². The van der Waals surface area contributed by atoms with Gasteiger partial charge in [0.05, 0.1) is 25.9 Å². The highest BCUT2D eigenvalue weighted by molar-refractivity contribution is 5.13. The third-order valence-electron chi connectivity index (χ3n) is 2.43. The SMILES string of the molecule is [c]1ccc(CCOCCOC2CC2)cc1. The highest BCUT2D eigenvalue weighted by atomic mass is 16.5. The van der Waals surface area contributed by atoms with Gasteiger partial charge in [-0.05, 0) is 30.9 Å². The minimum Gasteiger partial charge on any atom is -0.379 e. The predicted octanol–water partition coefficient (Wildman–Crippen LogP) is 2.22. The Hall–Kier alpha value is -0.860. The Kier molecular flexibility index (Phi) is 4.18. The lowest BCUT2D eigenvalue weighted by molar-refractivity contribution is 0.0413. The highest BCUT2D eigenvalue weighted by Gasteiger charge is 2.21. The third-order valence-corrected chi connectivity index (χ3v) is 2.43. The summed E-state index contributed by atoms with van der Waals surface area (Å²) >= 11 is 0. The molecule has 15 heavy (non-hydrogen) atoms. The molecular formula is C13H17O2. The van der Waals surface area contributed by atoms with Gasteiger partial charge in [-0.15, -0.1) is 0 Å². The topological polar surface area (TPSA) is 18.5 Å². The van der Waals surface area contributed by atoms with Crippen molar-refractivity contribution < 1.29 is 9.47 Å². The van der Waals surface area contributed by atoms with E-state index in [4.69, 9.17) is 9.47 Å². The first-order valence-electron chi connectivity index (χ1n) is 5.59. The van der Waals surface area contributed by atoms with E-state index in [1.54, 1.807) is 0 Å². The lowest BCUT2D eigenvalue weighted by atomic mass is 10.2. The molecule has 2 rings (SSSR count). The fraction of sp³-hybridized carbons (Fsp3) is 0.538. The van der Waals surface area contributed by atoms with E-state index >= 15 is 0 Å². The standard InChI is InChI=1S/C13H17O2/c1-2-4-12(5-3-1)8-9-14-10-11-15-13-6-7-13/h2-5,13H,6-11H2. The fourth-order valence-electron chi connectivity index (χ4n) is 1.39. The second kappa shape index (κ2) is 5.89. The van der Waals surface area contributed by atoms with Crippen LogP contribution in [0.2, 0.25) is 0 Å². The van der Waals surface area contributed by atoms with Crippen LogP contribution in [0.4, 0.5) is 0 Å². The summed E-state index contributed by atoms with van der Waals surface area (Å²) < 4.78 is 11.0. The van der Waals surface area contributed by atoms with Crippen LogP contribution in [0.3, 0.4) is 0 Å². The molecule has 0 spiro atoms. The van der Waals surface area contributed by atoms with Crippen molar-refractivity contribution in [3.8, 4) is 0 Å².